The number of benzene rings is 1. The molecule has 0 saturated heterocycles. The minimum absolute atomic E-state index is 0.153. The predicted octanol–water partition coefficient (Wildman–Crippen LogP) is 3.93. The summed E-state index contributed by atoms with van der Waals surface area (Å²) in [6.07, 6.45) is 0. The van der Waals surface area contributed by atoms with Gasteiger partial charge in [-0.1, -0.05) is 30.7 Å². The predicted molar refractivity (Wildman–Crippen MR) is 90.2 cm³/mol. The second kappa shape index (κ2) is 7.80. The van der Waals surface area contributed by atoms with Crippen molar-refractivity contribution in [3.8, 4) is 5.75 Å². The van der Waals surface area contributed by atoms with Crippen LogP contribution in [0.1, 0.15) is 23.4 Å². The third-order valence-corrected chi connectivity index (χ3v) is 4.73. The zero-order valence-electron chi connectivity index (χ0n) is 12.4. The molecule has 0 saturated carbocycles. The van der Waals surface area contributed by atoms with E-state index in [4.69, 9.17) is 22.1 Å². The molecule has 2 aromatic rings. The van der Waals surface area contributed by atoms with Crippen molar-refractivity contribution in [1.82, 2.24) is 4.90 Å². The number of ether oxygens (including phenoxy) is 1. The van der Waals surface area contributed by atoms with Crippen LogP contribution in [-0.2, 0) is 6.54 Å². The van der Waals surface area contributed by atoms with Gasteiger partial charge in [-0.15, -0.1) is 11.3 Å². The summed E-state index contributed by atoms with van der Waals surface area (Å²) in [4.78, 5) is 3.71. The van der Waals surface area contributed by atoms with Gasteiger partial charge in [0.15, 0.2) is 0 Å². The van der Waals surface area contributed by atoms with Crippen molar-refractivity contribution in [2.45, 2.75) is 19.5 Å². The van der Waals surface area contributed by atoms with Gasteiger partial charge in [-0.25, -0.2) is 0 Å². The van der Waals surface area contributed by atoms with E-state index < -0.39 is 0 Å². The standard InChI is InChI=1S/C16H21ClN2OS/c1-3-19(11-13-5-4-8-21-13)15(10-18)12-6-7-16(20-2)14(17)9-12/h4-9,15H,3,10-11,18H2,1-2H3. The van der Waals surface area contributed by atoms with Gasteiger partial charge < -0.3 is 10.5 Å². The van der Waals surface area contributed by atoms with Crippen molar-refractivity contribution in [3.05, 3.63) is 51.2 Å². The van der Waals surface area contributed by atoms with Crippen molar-refractivity contribution >= 4 is 22.9 Å². The summed E-state index contributed by atoms with van der Waals surface area (Å²) in [6.45, 7) is 4.55. The van der Waals surface area contributed by atoms with Crippen LogP contribution < -0.4 is 10.5 Å². The van der Waals surface area contributed by atoms with E-state index in [0.717, 1.165) is 18.7 Å². The van der Waals surface area contributed by atoms with Crippen molar-refractivity contribution in [2.24, 2.45) is 5.73 Å². The number of hydrogen-bond donors (Lipinski definition) is 1. The van der Waals surface area contributed by atoms with Gasteiger partial charge in [-0.05, 0) is 35.7 Å². The molecule has 0 fully saturated rings. The number of nitrogens with zero attached hydrogens (tertiary/aromatic N) is 1. The smallest absolute Gasteiger partial charge is 0.137 e. The van der Waals surface area contributed by atoms with Gasteiger partial charge in [-0.3, -0.25) is 4.90 Å². The summed E-state index contributed by atoms with van der Waals surface area (Å²) < 4.78 is 5.21. The lowest BCUT2D eigenvalue weighted by Gasteiger charge is -2.30. The van der Waals surface area contributed by atoms with E-state index in [1.54, 1.807) is 18.4 Å². The van der Waals surface area contributed by atoms with Gasteiger partial charge in [0.2, 0.25) is 0 Å². The monoisotopic (exact) mass is 324 g/mol. The summed E-state index contributed by atoms with van der Waals surface area (Å²) in [6, 6.07) is 10.3. The van der Waals surface area contributed by atoms with E-state index in [1.807, 2.05) is 18.2 Å². The van der Waals surface area contributed by atoms with Crippen LogP contribution in [0.15, 0.2) is 35.7 Å². The summed E-state index contributed by atoms with van der Waals surface area (Å²) in [7, 11) is 1.62. The molecule has 0 spiro atoms. The number of likely N-dealkylation sites (N-methyl/N-ethyl adjacent to an activating group) is 1. The molecule has 0 aliphatic carbocycles. The Balaban J connectivity index is 2.22. The highest BCUT2D eigenvalue weighted by molar-refractivity contribution is 7.09. The minimum Gasteiger partial charge on any atom is -0.495 e. The molecule has 2 rings (SSSR count). The second-order valence-corrected chi connectivity index (χ2v) is 6.23. The van der Waals surface area contributed by atoms with E-state index in [2.05, 4.69) is 29.3 Å². The van der Waals surface area contributed by atoms with Crippen molar-refractivity contribution in [3.63, 3.8) is 0 Å². The van der Waals surface area contributed by atoms with Gasteiger partial charge in [0.05, 0.1) is 12.1 Å². The fourth-order valence-electron chi connectivity index (χ4n) is 2.43. The van der Waals surface area contributed by atoms with E-state index in [-0.39, 0.29) is 6.04 Å². The maximum Gasteiger partial charge on any atom is 0.137 e. The van der Waals surface area contributed by atoms with Crippen LogP contribution in [0.3, 0.4) is 0 Å². The highest BCUT2D eigenvalue weighted by Crippen LogP contribution is 2.30. The Labute approximate surface area is 135 Å². The Morgan fingerprint density at radius 1 is 1.38 bits per heavy atom. The first-order valence-corrected chi connectivity index (χ1v) is 8.25. The molecule has 1 heterocycles. The average molecular weight is 325 g/mol. The van der Waals surface area contributed by atoms with Crippen LogP contribution in [0.4, 0.5) is 0 Å². The topological polar surface area (TPSA) is 38.5 Å². The van der Waals surface area contributed by atoms with Crippen LogP contribution >= 0.6 is 22.9 Å². The summed E-state index contributed by atoms with van der Waals surface area (Å²) in [5, 5.41) is 2.73. The zero-order chi connectivity index (χ0) is 15.2. The van der Waals surface area contributed by atoms with E-state index >= 15 is 0 Å². The Morgan fingerprint density at radius 3 is 2.71 bits per heavy atom. The molecule has 1 atom stereocenters. The molecule has 5 heteroatoms. The van der Waals surface area contributed by atoms with Gasteiger partial charge >= 0.3 is 0 Å². The third-order valence-electron chi connectivity index (χ3n) is 3.57. The van der Waals surface area contributed by atoms with E-state index in [1.165, 1.54) is 4.88 Å². The number of rotatable bonds is 7. The third kappa shape index (κ3) is 3.98. The summed E-state index contributed by atoms with van der Waals surface area (Å²) in [5.74, 6) is 0.692. The molecule has 114 valence electrons. The molecule has 2 N–H and O–H groups in total. The van der Waals surface area contributed by atoms with Crippen LogP contribution in [0.5, 0.6) is 5.75 Å². The Bertz CT molecular complexity index is 559. The van der Waals surface area contributed by atoms with Crippen LogP contribution in [0.25, 0.3) is 0 Å². The fraction of sp³-hybridized carbons (Fsp3) is 0.375. The van der Waals surface area contributed by atoms with Crippen molar-refractivity contribution in [2.75, 3.05) is 20.2 Å². The van der Waals surface area contributed by atoms with Crippen molar-refractivity contribution < 1.29 is 4.74 Å². The second-order valence-electron chi connectivity index (χ2n) is 4.79. The first kappa shape index (κ1) is 16.3. The van der Waals surface area contributed by atoms with Crippen LogP contribution in [0, 0.1) is 0 Å². The molecular weight excluding hydrogens is 304 g/mol. The minimum atomic E-state index is 0.153. The average Bonchev–Trinajstić information content (AvgIpc) is 3.00. The molecule has 1 aromatic carbocycles. The van der Waals surface area contributed by atoms with Gasteiger partial charge in [0, 0.05) is 24.0 Å². The summed E-state index contributed by atoms with van der Waals surface area (Å²) in [5.41, 5.74) is 7.14. The van der Waals surface area contributed by atoms with Crippen LogP contribution in [-0.4, -0.2) is 25.1 Å². The lowest BCUT2D eigenvalue weighted by molar-refractivity contribution is 0.205. The normalized spacial score (nSPS) is 12.6. The molecule has 0 radical (unpaired) electrons. The molecular formula is C16H21ClN2OS. The van der Waals surface area contributed by atoms with Crippen molar-refractivity contribution in [1.29, 1.82) is 0 Å². The fourth-order valence-corrected chi connectivity index (χ4v) is 3.43. The maximum atomic E-state index is 6.24. The lowest BCUT2D eigenvalue weighted by atomic mass is 10.0. The number of nitrogens with two attached hydrogens (primary N) is 1. The number of hydrogen-bond acceptors (Lipinski definition) is 4. The molecule has 21 heavy (non-hydrogen) atoms. The quantitative estimate of drug-likeness (QED) is 0.838. The Morgan fingerprint density at radius 2 is 2.19 bits per heavy atom. The lowest BCUT2D eigenvalue weighted by Crippen LogP contribution is -2.33. The molecule has 0 bridgehead atoms. The highest BCUT2D eigenvalue weighted by atomic mass is 35.5. The molecule has 0 amide bonds. The molecule has 0 aliphatic heterocycles. The molecule has 1 aromatic heterocycles. The largest absolute Gasteiger partial charge is 0.495 e. The first-order chi connectivity index (χ1) is 10.2. The SMILES string of the molecule is CCN(Cc1cccs1)C(CN)c1ccc(OC)c(Cl)c1. The van der Waals surface area contributed by atoms with Gasteiger partial charge in [0.25, 0.3) is 0 Å². The summed E-state index contributed by atoms with van der Waals surface area (Å²) >= 11 is 8.01. The Kier molecular flexibility index (Phi) is 6.06. The van der Waals surface area contributed by atoms with Gasteiger partial charge in [0.1, 0.15) is 5.75 Å². The van der Waals surface area contributed by atoms with E-state index in [0.29, 0.717) is 17.3 Å². The highest BCUT2D eigenvalue weighted by Gasteiger charge is 2.19. The van der Waals surface area contributed by atoms with Crippen LogP contribution in [0.2, 0.25) is 5.02 Å². The number of methoxy groups -OCH3 is 1. The Hall–Kier alpha value is -1.07. The van der Waals surface area contributed by atoms with E-state index in [9.17, 15) is 0 Å². The first-order valence-electron chi connectivity index (χ1n) is 6.99. The number of halogens is 1. The maximum absolute atomic E-state index is 6.24. The number of thiophene rings is 1. The zero-order valence-corrected chi connectivity index (χ0v) is 14.0. The van der Waals surface area contributed by atoms with Gasteiger partial charge in [-0.2, -0.15) is 0 Å². The molecule has 0 aliphatic rings. The molecule has 3 nitrogen and oxygen atoms in total. The molecule has 1 unspecified atom stereocenters.